The molecule has 0 aliphatic heterocycles. The maximum Gasteiger partial charge on any atom is 0.242 e. The molecule has 160 valence electrons. The summed E-state index contributed by atoms with van der Waals surface area (Å²) in [6.45, 7) is 4.35. The van der Waals surface area contributed by atoms with Gasteiger partial charge in [0.15, 0.2) is 0 Å². The number of hydrogen-bond acceptors (Lipinski definition) is 2. The molecule has 0 bridgehead atoms. The first-order valence-electron chi connectivity index (χ1n) is 11.2. The Kier molecular flexibility index (Phi) is 8.06. The number of rotatable bonds is 8. The smallest absolute Gasteiger partial charge is 0.242 e. The average molecular weight is 407 g/mol. The molecular weight excluding hydrogens is 372 g/mol. The molecule has 1 saturated carbocycles. The Morgan fingerprint density at radius 1 is 0.967 bits per heavy atom. The molecule has 1 atom stereocenters. The Hall–Kier alpha value is -2.62. The lowest BCUT2D eigenvalue weighted by Gasteiger charge is -2.31. The van der Waals surface area contributed by atoms with Crippen molar-refractivity contribution in [1.29, 1.82) is 0 Å². The average Bonchev–Trinajstić information content (AvgIpc) is 2.78. The molecule has 0 heterocycles. The van der Waals surface area contributed by atoms with Crippen LogP contribution in [0.5, 0.6) is 0 Å². The highest BCUT2D eigenvalue weighted by atomic mass is 16.2. The van der Waals surface area contributed by atoms with Gasteiger partial charge in [-0.3, -0.25) is 9.59 Å². The minimum Gasteiger partial charge on any atom is -0.352 e. The first kappa shape index (κ1) is 22.1. The summed E-state index contributed by atoms with van der Waals surface area (Å²) in [5.41, 5.74) is 3.37. The molecule has 0 unspecified atom stereocenters. The van der Waals surface area contributed by atoms with Crippen LogP contribution in [0.15, 0.2) is 54.6 Å². The van der Waals surface area contributed by atoms with Crippen LogP contribution < -0.4 is 5.32 Å². The van der Waals surface area contributed by atoms with E-state index in [0.29, 0.717) is 19.4 Å². The summed E-state index contributed by atoms with van der Waals surface area (Å²) < 4.78 is 0. The zero-order chi connectivity index (χ0) is 21.3. The second kappa shape index (κ2) is 11.0. The first-order valence-corrected chi connectivity index (χ1v) is 11.2. The summed E-state index contributed by atoms with van der Waals surface area (Å²) in [6.07, 6.45) is 6.75. The fourth-order valence-electron chi connectivity index (χ4n) is 4.08. The molecule has 30 heavy (non-hydrogen) atoms. The molecule has 0 aromatic heterocycles. The van der Waals surface area contributed by atoms with Crippen molar-refractivity contribution in [2.24, 2.45) is 0 Å². The molecule has 4 nitrogen and oxygen atoms in total. The number of benzene rings is 2. The lowest BCUT2D eigenvalue weighted by Crippen LogP contribution is -2.50. The van der Waals surface area contributed by atoms with Crippen molar-refractivity contribution in [3.63, 3.8) is 0 Å². The van der Waals surface area contributed by atoms with Gasteiger partial charge in [-0.1, -0.05) is 79.4 Å². The summed E-state index contributed by atoms with van der Waals surface area (Å²) in [5, 5.41) is 3.19. The van der Waals surface area contributed by atoms with E-state index in [-0.39, 0.29) is 17.9 Å². The first-order chi connectivity index (χ1) is 14.5. The number of aryl methyl sites for hydroxylation is 2. The molecule has 1 fully saturated rings. The maximum absolute atomic E-state index is 13.2. The molecule has 0 radical (unpaired) electrons. The Balaban J connectivity index is 1.68. The van der Waals surface area contributed by atoms with Gasteiger partial charge in [-0.2, -0.15) is 0 Å². The molecule has 4 heteroatoms. The summed E-state index contributed by atoms with van der Waals surface area (Å²) in [5.74, 6) is -0.0206. The Labute approximate surface area is 180 Å². The van der Waals surface area contributed by atoms with Gasteiger partial charge in [0, 0.05) is 19.0 Å². The van der Waals surface area contributed by atoms with E-state index in [1.54, 1.807) is 4.90 Å². The normalized spacial score (nSPS) is 15.4. The molecule has 1 aliphatic rings. The molecule has 2 aromatic rings. The van der Waals surface area contributed by atoms with Crippen LogP contribution in [-0.2, 0) is 22.6 Å². The van der Waals surface area contributed by atoms with Gasteiger partial charge in [0.2, 0.25) is 11.8 Å². The van der Waals surface area contributed by atoms with E-state index in [4.69, 9.17) is 0 Å². The van der Waals surface area contributed by atoms with Gasteiger partial charge < -0.3 is 10.2 Å². The maximum atomic E-state index is 13.2. The van der Waals surface area contributed by atoms with Crippen LogP contribution in [0.2, 0.25) is 0 Å². The SMILES string of the molecule is Cc1ccc(CN(C(=O)CCc2ccccc2)[C@@H](C)C(=O)NC2CCCCC2)cc1. The predicted octanol–water partition coefficient (Wildman–Crippen LogP) is 4.79. The molecule has 0 spiro atoms. The van der Waals surface area contributed by atoms with Crippen molar-refractivity contribution >= 4 is 11.8 Å². The summed E-state index contributed by atoms with van der Waals surface area (Å²) in [7, 11) is 0. The number of amides is 2. The molecule has 2 aromatic carbocycles. The number of nitrogens with zero attached hydrogens (tertiary/aromatic N) is 1. The second-order valence-corrected chi connectivity index (χ2v) is 8.51. The van der Waals surface area contributed by atoms with Crippen molar-refractivity contribution in [3.8, 4) is 0 Å². The zero-order valence-corrected chi connectivity index (χ0v) is 18.3. The molecule has 2 amide bonds. The van der Waals surface area contributed by atoms with Crippen LogP contribution >= 0.6 is 0 Å². The van der Waals surface area contributed by atoms with Crippen LogP contribution in [-0.4, -0.2) is 28.8 Å². The van der Waals surface area contributed by atoms with Crippen molar-refractivity contribution < 1.29 is 9.59 Å². The quantitative estimate of drug-likeness (QED) is 0.685. The topological polar surface area (TPSA) is 49.4 Å². The lowest BCUT2D eigenvalue weighted by molar-refractivity contribution is -0.141. The fourth-order valence-corrected chi connectivity index (χ4v) is 4.08. The number of carbonyl (C=O) groups excluding carboxylic acids is 2. The van der Waals surface area contributed by atoms with Gasteiger partial charge in [0.05, 0.1) is 0 Å². The summed E-state index contributed by atoms with van der Waals surface area (Å²) in [6, 6.07) is 18.0. The third-order valence-electron chi connectivity index (χ3n) is 6.06. The summed E-state index contributed by atoms with van der Waals surface area (Å²) >= 11 is 0. The van der Waals surface area contributed by atoms with Gasteiger partial charge in [-0.25, -0.2) is 0 Å². The highest BCUT2D eigenvalue weighted by molar-refractivity contribution is 5.87. The molecule has 1 N–H and O–H groups in total. The molecule has 1 aliphatic carbocycles. The van der Waals surface area contributed by atoms with Gasteiger partial charge in [0.25, 0.3) is 0 Å². The predicted molar refractivity (Wildman–Crippen MR) is 121 cm³/mol. The van der Waals surface area contributed by atoms with Crippen LogP contribution in [0.3, 0.4) is 0 Å². The van der Waals surface area contributed by atoms with Crippen molar-refractivity contribution in [2.45, 2.75) is 77.4 Å². The van der Waals surface area contributed by atoms with Crippen LogP contribution in [0, 0.1) is 6.92 Å². The van der Waals surface area contributed by atoms with E-state index in [2.05, 4.69) is 17.4 Å². The standard InChI is InChI=1S/C26H34N2O2/c1-20-13-15-23(16-14-20)19-28(25(29)18-17-22-9-5-3-6-10-22)21(2)26(30)27-24-11-7-4-8-12-24/h3,5-6,9-10,13-16,21,24H,4,7-8,11-12,17-19H2,1-2H3,(H,27,30)/t21-/m0/s1. The number of nitrogens with one attached hydrogen (secondary N) is 1. The monoisotopic (exact) mass is 406 g/mol. The van der Waals surface area contributed by atoms with Gasteiger partial charge in [0.1, 0.15) is 6.04 Å². The third-order valence-corrected chi connectivity index (χ3v) is 6.06. The van der Waals surface area contributed by atoms with E-state index in [1.165, 1.54) is 24.8 Å². The van der Waals surface area contributed by atoms with E-state index < -0.39 is 6.04 Å². The van der Waals surface area contributed by atoms with Gasteiger partial charge >= 0.3 is 0 Å². The Morgan fingerprint density at radius 2 is 1.63 bits per heavy atom. The van der Waals surface area contributed by atoms with E-state index in [1.807, 2.05) is 56.3 Å². The van der Waals surface area contributed by atoms with Gasteiger partial charge in [-0.15, -0.1) is 0 Å². The van der Waals surface area contributed by atoms with Crippen molar-refractivity contribution in [1.82, 2.24) is 10.2 Å². The van der Waals surface area contributed by atoms with E-state index >= 15 is 0 Å². The highest BCUT2D eigenvalue weighted by Crippen LogP contribution is 2.19. The van der Waals surface area contributed by atoms with Crippen LogP contribution in [0.25, 0.3) is 0 Å². The molecule has 3 rings (SSSR count). The van der Waals surface area contributed by atoms with Crippen LogP contribution in [0.1, 0.15) is 62.1 Å². The van der Waals surface area contributed by atoms with Crippen molar-refractivity contribution in [3.05, 3.63) is 71.3 Å². The Morgan fingerprint density at radius 3 is 2.30 bits per heavy atom. The highest BCUT2D eigenvalue weighted by Gasteiger charge is 2.27. The van der Waals surface area contributed by atoms with Gasteiger partial charge in [-0.05, 0) is 44.2 Å². The second-order valence-electron chi connectivity index (χ2n) is 8.51. The number of carbonyl (C=O) groups is 2. The van der Waals surface area contributed by atoms with Crippen molar-refractivity contribution in [2.75, 3.05) is 0 Å². The molecular formula is C26H34N2O2. The fraction of sp³-hybridized carbons (Fsp3) is 0.462. The summed E-state index contributed by atoms with van der Waals surface area (Å²) in [4.78, 5) is 27.9. The molecule has 0 saturated heterocycles. The third kappa shape index (κ3) is 6.45. The van der Waals surface area contributed by atoms with E-state index in [0.717, 1.165) is 24.0 Å². The minimum atomic E-state index is -0.489. The Bertz CT molecular complexity index is 811. The minimum absolute atomic E-state index is 0.0192. The number of hydrogen-bond donors (Lipinski definition) is 1. The van der Waals surface area contributed by atoms with Crippen LogP contribution in [0.4, 0.5) is 0 Å². The lowest BCUT2D eigenvalue weighted by atomic mass is 9.95. The zero-order valence-electron chi connectivity index (χ0n) is 18.3. The largest absolute Gasteiger partial charge is 0.352 e. The van der Waals surface area contributed by atoms with E-state index in [9.17, 15) is 9.59 Å².